The Morgan fingerprint density at radius 2 is 1.86 bits per heavy atom. The number of carbonyl (C=O) groups is 2. The summed E-state index contributed by atoms with van der Waals surface area (Å²) in [5.74, 6) is -0.226. The van der Waals surface area contributed by atoms with Crippen molar-refractivity contribution in [3.63, 3.8) is 0 Å². The quantitative estimate of drug-likeness (QED) is 0.821. The first-order valence-corrected chi connectivity index (χ1v) is 7.61. The molecule has 0 aliphatic heterocycles. The molecule has 0 bridgehead atoms. The third kappa shape index (κ3) is 6.73. The standard InChI is InChI=1S/C15H22BrN3O2/c1-10(2)17-14(20)8-19(4)9-15(21)18-12-5-6-13(16)11(3)7-12/h5-7,10H,8-9H2,1-4H3,(H,17,20)(H,18,21). The summed E-state index contributed by atoms with van der Waals surface area (Å²) in [4.78, 5) is 25.2. The summed E-state index contributed by atoms with van der Waals surface area (Å²) in [5.41, 5.74) is 1.80. The van der Waals surface area contributed by atoms with E-state index in [1.807, 2.05) is 39.0 Å². The minimum Gasteiger partial charge on any atom is -0.353 e. The Morgan fingerprint density at radius 3 is 2.43 bits per heavy atom. The van der Waals surface area contributed by atoms with Crippen LogP contribution in [0.1, 0.15) is 19.4 Å². The average Bonchev–Trinajstić information content (AvgIpc) is 2.32. The maximum absolute atomic E-state index is 11.9. The summed E-state index contributed by atoms with van der Waals surface area (Å²) >= 11 is 3.42. The molecule has 0 aliphatic carbocycles. The van der Waals surface area contributed by atoms with Crippen molar-refractivity contribution in [3.8, 4) is 0 Å². The van der Waals surface area contributed by atoms with Gasteiger partial charge in [0.15, 0.2) is 0 Å². The van der Waals surface area contributed by atoms with Gasteiger partial charge >= 0.3 is 0 Å². The van der Waals surface area contributed by atoms with Crippen molar-refractivity contribution >= 4 is 33.4 Å². The van der Waals surface area contributed by atoms with E-state index in [1.165, 1.54) is 0 Å². The van der Waals surface area contributed by atoms with E-state index < -0.39 is 0 Å². The van der Waals surface area contributed by atoms with Gasteiger partial charge in [0, 0.05) is 16.2 Å². The summed E-state index contributed by atoms with van der Waals surface area (Å²) < 4.78 is 1.00. The van der Waals surface area contributed by atoms with Crippen molar-refractivity contribution in [1.82, 2.24) is 10.2 Å². The molecule has 6 heteroatoms. The molecule has 0 saturated carbocycles. The molecule has 21 heavy (non-hydrogen) atoms. The Morgan fingerprint density at radius 1 is 1.24 bits per heavy atom. The topological polar surface area (TPSA) is 61.4 Å². The minimum atomic E-state index is -0.142. The van der Waals surface area contributed by atoms with Crippen LogP contribution in [-0.2, 0) is 9.59 Å². The van der Waals surface area contributed by atoms with Crippen molar-refractivity contribution in [1.29, 1.82) is 0 Å². The average molecular weight is 356 g/mol. The van der Waals surface area contributed by atoms with Crippen LogP contribution in [0.2, 0.25) is 0 Å². The van der Waals surface area contributed by atoms with Crippen LogP contribution in [0.5, 0.6) is 0 Å². The molecule has 2 N–H and O–H groups in total. The lowest BCUT2D eigenvalue weighted by atomic mass is 10.2. The van der Waals surface area contributed by atoms with Crippen LogP contribution in [0, 0.1) is 6.92 Å². The second-order valence-electron chi connectivity index (χ2n) is 5.41. The smallest absolute Gasteiger partial charge is 0.238 e. The first-order chi connectivity index (χ1) is 9.77. The second kappa shape index (κ2) is 8.14. The molecule has 2 amide bonds. The lowest BCUT2D eigenvalue weighted by molar-refractivity contribution is -0.123. The van der Waals surface area contributed by atoms with Crippen molar-refractivity contribution in [2.24, 2.45) is 0 Å². The van der Waals surface area contributed by atoms with Gasteiger partial charge in [0.1, 0.15) is 0 Å². The molecule has 0 saturated heterocycles. The maximum Gasteiger partial charge on any atom is 0.238 e. The second-order valence-corrected chi connectivity index (χ2v) is 6.26. The summed E-state index contributed by atoms with van der Waals surface area (Å²) in [7, 11) is 1.74. The highest BCUT2D eigenvalue weighted by atomic mass is 79.9. The summed E-state index contributed by atoms with van der Waals surface area (Å²) in [6.07, 6.45) is 0. The van der Waals surface area contributed by atoms with E-state index in [0.29, 0.717) is 0 Å². The Hall–Kier alpha value is -1.40. The number of benzene rings is 1. The van der Waals surface area contributed by atoms with Gasteiger partial charge in [-0.25, -0.2) is 0 Å². The van der Waals surface area contributed by atoms with E-state index in [0.717, 1.165) is 15.7 Å². The number of nitrogens with one attached hydrogen (secondary N) is 2. The summed E-state index contributed by atoms with van der Waals surface area (Å²) in [5, 5.41) is 5.61. The molecule has 0 heterocycles. The Labute approximate surface area is 134 Å². The molecule has 1 aromatic rings. The number of halogens is 1. The lowest BCUT2D eigenvalue weighted by Gasteiger charge is -2.17. The Kier molecular flexibility index (Phi) is 6.84. The van der Waals surface area contributed by atoms with Crippen molar-refractivity contribution < 1.29 is 9.59 Å². The number of rotatable bonds is 6. The van der Waals surface area contributed by atoms with Crippen LogP contribution in [0.25, 0.3) is 0 Å². The highest BCUT2D eigenvalue weighted by Gasteiger charge is 2.11. The number of hydrogen-bond acceptors (Lipinski definition) is 3. The van der Waals surface area contributed by atoms with E-state index >= 15 is 0 Å². The van der Waals surface area contributed by atoms with E-state index in [4.69, 9.17) is 0 Å². The van der Waals surface area contributed by atoms with Crippen molar-refractivity contribution in [2.45, 2.75) is 26.8 Å². The molecule has 0 unspecified atom stereocenters. The van der Waals surface area contributed by atoms with Crippen LogP contribution < -0.4 is 10.6 Å². The van der Waals surface area contributed by atoms with Crippen LogP contribution in [-0.4, -0.2) is 42.9 Å². The fraction of sp³-hybridized carbons (Fsp3) is 0.467. The van der Waals surface area contributed by atoms with Crippen LogP contribution in [0.3, 0.4) is 0 Å². The first kappa shape index (κ1) is 17.7. The number of anilines is 1. The van der Waals surface area contributed by atoms with E-state index in [9.17, 15) is 9.59 Å². The number of aryl methyl sites for hydroxylation is 1. The van der Waals surface area contributed by atoms with Gasteiger partial charge in [0.05, 0.1) is 13.1 Å². The van der Waals surface area contributed by atoms with E-state index in [1.54, 1.807) is 11.9 Å². The molecular formula is C15H22BrN3O2. The minimum absolute atomic E-state index is 0.0835. The first-order valence-electron chi connectivity index (χ1n) is 6.82. The van der Waals surface area contributed by atoms with Crippen molar-refractivity contribution in [2.75, 3.05) is 25.5 Å². The maximum atomic E-state index is 11.9. The lowest BCUT2D eigenvalue weighted by Crippen LogP contribution is -2.41. The fourth-order valence-corrected chi connectivity index (χ4v) is 2.08. The van der Waals surface area contributed by atoms with Gasteiger partial charge in [-0.1, -0.05) is 15.9 Å². The predicted octanol–water partition coefficient (Wildman–Crippen LogP) is 2.15. The molecule has 1 aromatic carbocycles. The molecule has 0 fully saturated rings. The third-order valence-corrected chi connectivity index (χ3v) is 3.61. The fourth-order valence-electron chi connectivity index (χ4n) is 1.84. The van der Waals surface area contributed by atoms with E-state index in [2.05, 4.69) is 26.6 Å². The van der Waals surface area contributed by atoms with Gasteiger partial charge in [0.2, 0.25) is 11.8 Å². The van der Waals surface area contributed by atoms with E-state index in [-0.39, 0.29) is 30.9 Å². The number of likely N-dealkylation sites (N-methyl/N-ethyl adjacent to an activating group) is 1. The molecule has 0 radical (unpaired) electrons. The zero-order chi connectivity index (χ0) is 16.0. The summed E-state index contributed by atoms with van der Waals surface area (Å²) in [6, 6.07) is 5.73. The molecule has 5 nitrogen and oxygen atoms in total. The predicted molar refractivity (Wildman–Crippen MR) is 88.3 cm³/mol. The molecular weight excluding hydrogens is 334 g/mol. The van der Waals surface area contributed by atoms with Crippen LogP contribution in [0.15, 0.2) is 22.7 Å². The van der Waals surface area contributed by atoms with Gasteiger partial charge in [-0.15, -0.1) is 0 Å². The van der Waals surface area contributed by atoms with Crippen molar-refractivity contribution in [3.05, 3.63) is 28.2 Å². The molecule has 0 spiro atoms. The molecule has 0 aromatic heterocycles. The van der Waals surface area contributed by atoms with Gasteiger partial charge < -0.3 is 10.6 Å². The van der Waals surface area contributed by atoms with Crippen LogP contribution in [0.4, 0.5) is 5.69 Å². The van der Waals surface area contributed by atoms with Gasteiger partial charge in [-0.3, -0.25) is 14.5 Å². The van der Waals surface area contributed by atoms with Gasteiger partial charge in [-0.2, -0.15) is 0 Å². The van der Waals surface area contributed by atoms with Gasteiger partial charge in [-0.05, 0) is 51.6 Å². The molecule has 0 aliphatic rings. The third-order valence-electron chi connectivity index (χ3n) is 2.72. The Balaban J connectivity index is 2.45. The normalized spacial score (nSPS) is 10.8. The monoisotopic (exact) mass is 355 g/mol. The summed E-state index contributed by atoms with van der Waals surface area (Å²) in [6.45, 7) is 6.13. The molecule has 1 rings (SSSR count). The Bertz CT molecular complexity index is 518. The molecule has 116 valence electrons. The number of nitrogens with zero attached hydrogens (tertiary/aromatic N) is 1. The highest BCUT2D eigenvalue weighted by molar-refractivity contribution is 9.10. The van der Waals surface area contributed by atoms with Crippen LogP contribution >= 0.6 is 15.9 Å². The largest absolute Gasteiger partial charge is 0.353 e. The SMILES string of the molecule is Cc1cc(NC(=O)CN(C)CC(=O)NC(C)C)ccc1Br. The zero-order valence-electron chi connectivity index (χ0n) is 12.9. The molecule has 0 atom stereocenters. The number of hydrogen-bond donors (Lipinski definition) is 2. The number of carbonyl (C=O) groups excluding carboxylic acids is 2. The number of amides is 2. The zero-order valence-corrected chi connectivity index (χ0v) is 14.5. The highest BCUT2D eigenvalue weighted by Crippen LogP contribution is 2.19. The van der Waals surface area contributed by atoms with Gasteiger partial charge in [0.25, 0.3) is 0 Å².